The summed E-state index contributed by atoms with van der Waals surface area (Å²) in [5, 5.41) is 9.83. The Balaban J connectivity index is 1.95. The topological polar surface area (TPSA) is 69.4 Å². The van der Waals surface area contributed by atoms with Crippen LogP contribution < -0.4 is 0 Å². The Kier molecular flexibility index (Phi) is 4.34. The lowest BCUT2D eigenvalue weighted by atomic mass is 10.0. The maximum absolute atomic E-state index is 12.3. The summed E-state index contributed by atoms with van der Waals surface area (Å²) in [4.78, 5) is 17.5. The van der Waals surface area contributed by atoms with Crippen LogP contribution >= 0.6 is 22.9 Å². The zero-order chi connectivity index (χ0) is 18.3. The van der Waals surface area contributed by atoms with E-state index in [9.17, 15) is 4.79 Å². The van der Waals surface area contributed by atoms with Crippen molar-refractivity contribution in [3.63, 3.8) is 0 Å². The summed E-state index contributed by atoms with van der Waals surface area (Å²) in [5.74, 6) is 1.12. The fraction of sp³-hybridized carbons (Fsp3) is 0.222. The van der Waals surface area contributed by atoms with Crippen LogP contribution in [0.4, 0.5) is 0 Å². The fourth-order valence-electron chi connectivity index (χ4n) is 2.91. The highest BCUT2D eigenvalue weighted by Gasteiger charge is 2.27. The average Bonchev–Trinajstić information content (AvgIpc) is 3.17. The third-order valence-corrected chi connectivity index (χ3v) is 5.48. The summed E-state index contributed by atoms with van der Waals surface area (Å²) in [6, 6.07) is 9.35. The highest BCUT2D eigenvalue weighted by atomic mass is 35.5. The lowest BCUT2D eigenvalue weighted by Crippen LogP contribution is -2.06. The van der Waals surface area contributed by atoms with E-state index >= 15 is 0 Å². The summed E-state index contributed by atoms with van der Waals surface area (Å²) in [6.45, 7) is 4.38. The molecule has 3 aromatic rings. The van der Waals surface area contributed by atoms with E-state index in [0.717, 1.165) is 33.5 Å². The van der Waals surface area contributed by atoms with E-state index in [2.05, 4.69) is 10.2 Å². The van der Waals surface area contributed by atoms with E-state index in [1.165, 1.54) is 11.3 Å². The molecule has 0 radical (unpaired) electrons. The average molecular weight is 387 g/mol. The number of fused-ring (bicyclic) bond motifs is 3. The van der Waals surface area contributed by atoms with Crippen molar-refractivity contribution >= 4 is 34.6 Å². The molecule has 6 nitrogen and oxygen atoms in total. The Labute approximate surface area is 159 Å². The number of carbonyl (C=O) groups is 1. The predicted molar refractivity (Wildman–Crippen MR) is 101 cm³/mol. The van der Waals surface area contributed by atoms with Crippen molar-refractivity contribution in [3.8, 4) is 5.00 Å². The van der Waals surface area contributed by atoms with Gasteiger partial charge in [-0.05, 0) is 26.0 Å². The number of rotatable bonds is 3. The Morgan fingerprint density at radius 1 is 1.31 bits per heavy atom. The number of ether oxygens (including phenoxy) is 1. The first-order valence-corrected chi connectivity index (χ1v) is 9.31. The first kappa shape index (κ1) is 16.9. The normalized spacial score (nSPS) is 12.8. The molecule has 0 bridgehead atoms. The number of benzene rings is 1. The van der Waals surface area contributed by atoms with Crippen LogP contribution in [0.25, 0.3) is 5.00 Å². The van der Waals surface area contributed by atoms with E-state index < -0.39 is 0 Å². The van der Waals surface area contributed by atoms with Crippen LogP contribution in [0.5, 0.6) is 0 Å². The number of aromatic nitrogens is 3. The van der Waals surface area contributed by atoms with Gasteiger partial charge in [-0.1, -0.05) is 29.8 Å². The van der Waals surface area contributed by atoms with Gasteiger partial charge in [-0.2, -0.15) is 0 Å². The predicted octanol–water partition coefficient (Wildman–Crippen LogP) is 3.82. The van der Waals surface area contributed by atoms with Gasteiger partial charge in [-0.3, -0.25) is 9.56 Å². The van der Waals surface area contributed by atoms with E-state index in [-0.39, 0.29) is 5.97 Å². The van der Waals surface area contributed by atoms with Gasteiger partial charge in [0, 0.05) is 16.1 Å². The van der Waals surface area contributed by atoms with Crippen molar-refractivity contribution in [2.75, 3.05) is 6.61 Å². The van der Waals surface area contributed by atoms with Gasteiger partial charge in [-0.15, -0.1) is 21.5 Å². The maximum atomic E-state index is 12.3. The van der Waals surface area contributed by atoms with Crippen LogP contribution in [0.15, 0.2) is 35.3 Å². The molecule has 26 heavy (non-hydrogen) atoms. The molecule has 0 amide bonds. The van der Waals surface area contributed by atoms with E-state index in [1.54, 1.807) is 6.92 Å². The van der Waals surface area contributed by atoms with Crippen molar-refractivity contribution in [3.05, 3.63) is 63.0 Å². The smallest absolute Gasteiger partial charge is 0.348 e. The molecule has 2 aromatic heterocycles. The van der Waals surface area contributed by atoms with Crippen LogP contribution in [0, 0.1) is 6.92 Å². The molecule has 0 unspecified atom stereocenters. The molecule has 1 aliphatic rings. The Morgan fingerprint density at radius 2 is 2.12 bits per heavy atom. The zero-order valence-corrected chi connectivity index (χ0v) is 15.8. The highest BCUT2D eigenvalue weighted by molar-refractivity contribution is 7.16. The number of hydrogen-bond donors (Lipinski definition) is 0. The van der Waals surface area contributed by atoms with Crippen molar-refractivity contribution in [2.24, 2.45) is 4.99 Å². The molecule has 3 heterocycles. The Bertz CT molecular complexity index is 1040. The van der Waals surface area contributed by atoms with E-state index in [4.69, 9.17) is 21.3 Å². The number of thiophene rings is 1. The molecule has 0 saturated heterocycles. The number of aryl methyl sites for hydroxylation is 1. The molecule has 0 atom stereocenters. The first-order chi connectivity index (χ1) is 12.6. The molecule has 8 heteroatoms. The summed E-state index contributed by atoms with van der Waals surface area (Å²) in [5.41, 5.74) is 2.38. The minimum atomic E-state index is -0.351. The van der Waals surface area contributed by atoms with Gasteiger partial charge in [0.15, 0.2) is 5.82 Å². The highest BCUT2D eigenvalue weighted by Crippen LogP contribution is 2.34. The van der Waals surface area contributed by atoms with Gasteiger partial charge in [0.25, 0.3) is 0 Å². The third-order valence-electron chi connectivity index (χ3n) is 4.05. The van der Waals surface area contributed by atoms with Gasteiger partial charge >= 0.3 is 5.97 Å². The number of hydrogen-bond acceptors (Lipinski definition) is 6. The first-order valence-electron chi connectivity index (χ1n) is 8.12. The maximum Gasteiger partial charge on any atom is 0.348 e. The minimum Gasteiger partial charge on any atom is -0.462 e. The molecule has 1 aliphatic heterocycles. The molecule has 1 aromatic carbocycles. The molecule has 4 rings (SSSR count). The third kappa shape index (κ3) is 2.73. The summed E-state index contributed by atoms with van der Waals surface area (Å²) >= 11 is 7.76. The van der Waals surface area contributed by atoms with Gasteiger partial charge in [0.2, 0.25) is 0 Å². The molecular formula is C18H15ClN4O2S. The molecule has 0 fully saturated rings. The van der Waals surface area contributed by atoms with Crippen LogP contribution in [-0.4, -0.2) is 33.1 Å². The van der Waals surface area contributed by atoms with Gasteiger partial charge in [0.1, 0.15) is 22.2 Å². The molecular weight excluding hydrogens is 372 g/mol. The fourth-order valence-corrected chi connectivity index (χ4v) is 4.26. The molecule has 132 valence electrons. The van der Waals surface area contributed by atoms with Crippen LogP contribution in [-0.2, 0) is 11.3 Å². The summed E-state index contributed by atoms with van der Waals surface area (Å²) in [7, 11) is 0. The van der Waals surface area contributed by atoms with Gasteiger partial charge in [0.05, 0.1) is 12.3 Å². The lowest BCUT2D eigenvalue weighted by Gasteiger charge is -2.08. The van der Waals surface area contributed by atoms with E-state index in [1.807, 2.05) is 41.8 Å². The van der Waals surface area contributed by atoms with Crippen molar-refractivity contribution in [1.29, 1.82) is 0 Å². The SMILES string of the molecule is CCOC(=O)c1cc2c(s1)-n1c(C)nnc1CN=C2c1ccccc1Cl. The second kappa shape index (κ2) is 6.66. The monoisotopic (exact) mass is 386 g/mol. The Morgan fingerprint density at radius 3 is 2.88 bits per heavy atom. The quantitative estimate of drug-likeness (QED) is 0.641. The number of nitrogens with zero attached hydrogens (tertiary/aromatic N) is 4. The zero-order valence-electron chi connectivity index (χ0n) is 14.2. The van der Waals surface area contributed by atoms with Crippen LogP contribution in [0.1, 0.15) is 39.4 Å². The minimum absolute atomic E-state index is 0.323. The summed E-state index contributed by atoms with van der Waals surface area (Å²) in [6.07, 6.45) is 0. The molecule has 0 spiro atoms. The number of aliphatic imine (C=N–C) groups is 1. The van der Waals surface area contributed by atoms with Gasteiger partial charge < -0.3 is 4.74 Å². The Hall–Kier alpha value is -2.51. The number of halogens is 1. The van der Waals surface area contributed by atoms with Gasteiger partial charge in [-0.25, -0.2) is 4.79 Å². The second-order valence-corrected chi connectivity index (χ2v) is 7.13. The molecule has 0 aliphatic carbocycles. The van der Waals surface area contributed by atoms with Crippen LogP contribution in [0.2, 0.25) is 5.02 Å². The standard InChI is InChI=1S/C18H15ClN4O2S/c1-3-25-18(24)14-8-12-16(11-6-4-5-7-13(11)19)20-9-15-22-21-10(2)23(15)17(12)26-14/h4-8H,3,9H2,1-2H3. The molecule has 0 saturated carbocycles. The van der Waals surface area contributed by atoms with Crippen molar-refractivity contribution < 1.29 is 9.53 Å². The van der Waals surface area contributed by atoms with Crippen molar-refractivity contribution in [1.82, 2.24) is 14.8 Å². The van der Waals surface area contributed by atoms with Crippen molar-refractivity contribution in [2.45, 2.75) is 20.4 Å². The number of carbonyl (C=O) groups excluding carboxylic acids is 1. The lowest BCUT2D eigenvalue weighted by molar-refractivity contribution is 0.0532. The van der Waals surface area contributed by atoms with Crippen LogP contribution in [0.3, 0.4) is 0 Å². The largest absolute Gasteiger partial charge is 0.462 e. The summed E-state index contributed by atoms with van der Waals surface area (Å²) < 4.78 is 7.11. The second-order valence-electron chi connectivity index (χ2n) is 5.69. The van der Waals surface area contributed by atoms with E-state index in [0.29, 0.717) is 23.1 Å². The molecule has 0 N–H and O–H groups in total. The number of esters is 1.